The second-order valence-electron chi connectivity index (χ2n) is 2.29. The summed E-state index contributed by atoms with van der Waals surface area (Å²) in [5, 5.41) is 25.9. The van der Waals surface area contributed by atoms with Gasteiger partial charge in [0.2, 0.25) is 0 Å². The molecule has 2 unspecified atom stereocenters. The average Bonchev–Trinajstić information content (AvgIpc) is 2.17. The van der Waals surface area contributed by atoms with Gasteiger partial charge in [-0.3, -0.25) is 10.0 Å². The van der Waals surface area contributed by atoms with E-state index in [-0.39, 0.29) is 11.5 Å². The zero-order valence-corrected chi connectivity index (χ0v) is 5.47. The van der Waals surface area contributed by atoms with Crippen LogP contribution >= 0.6 is 0 Å². The van der Waals surface area contributed by atoms with Crippen molar-refractivity contribution in [2.24, 2.45) is 0 Å². The molecule has 2 atom stereocenters. The Morgan fingerprint density at radius 3 is 2.36 bits per heavy atom. The number of carboxylic acid groups (broad SMARTS) is 1. The van der Waals surface area contributed by atoms with Gasteiger partial charge in [0.25, 0.3) is 5.91 Å². The Kier molecular flexibility index (Phi) is 1.79. The third-order valence-corrected chi connectivity index (χ3v) is 1.54. The van der Waals surface area contributed by atoms with E-state index in [9.17, 15) is 9.59 Å². The van der Waals surface area contributed by atoms with E-state index >= 15 is 0 Å². The second kappa shape index (κ2) is 2.48. The number of amides is 1. The highest BCUT2D eigenvalue weighted by atomic mass is 16.5. The third-order valence-electron chi connectivity index (χ3n) is 1.54. The Balaban J connectivity index is 2.75. The van der Waals surface area contributed by atoms with E-state index in [0.29, 0.717) is 0 Å². The predicted octanol–water partition coefficient (Wildman–Crippen LogP) is -1.58. The summed E-state index contributed by atoms with van der Waals surface area (Å²) in [5.41, 5.74) is 0. The molecular formula is C5H7NO5. The van der Waals surface area contributed by atoms with Crippen molar-refractivity contribution in [2.75, 3.05) is 0 Å². The van der Waals surface area contributed by atoms with Crippen LogP contribution in [0.5, 0.6) is 0 Å². The molecule has 1 aliphatic rings. The molecule has 0 radical (unpaired) electrons. The van der Waals surface area contributed by atoms with Gasteiger partial charge >= 0.3 is 5.97 Å². The van der Waals surface area contributed by atoms with Crippen LogP contribution in [0.15, 0.2) is 0 Å². The van der Waals surface area contributed by atoms with E-state index in [1.807, 2.05) is 0 Å². The van der Waals surface area contributed by atoms with Gasteiger partial charge in [-0.25, -0.2) is 9.86 Å². The number of carbonyl (C=O) groups excluding carboxylic acids is 1. The van der Waals surface area contributed by atoms with Crippen LogP contribution in [0.25, 0.3) is 0 Å². The van der Waals surface area contributed by atoms with Crippen molar-refractivity contribution in [1.29, 1.82) is 0 Å². The molecule has 1 aliphatic heterocycles. The van der Waals surface area contributed by atoms with Gasteiger partial charge in [0.05, 0.1) is 0 Å². The van der Waals surface area contributed by atoms with Crippen LogP contribution in [-0.2, 0) is 9.59 Å². The van der Waals surface area contributed by atoms with Crippen LogP contribution in [0.3, 0.4) is 0 Å². The molecular weight excluding hydrogens is 154 g/mol. The number of carboxylic acids is 1. The average molecular weight is 161 g/mol. The molecule has 0 saturated carbocycles. The van der Waals surface area contributed by atoms with Crippen molar-refractivity contribution < 1.29 is 25.0 Å². The molecule has 1 fully saturated rings. The molecule has 0 aromatic carbocycles. The van der Waals surface area contributed by atoms with Crippen LogP contribution in [-0.4, -0.2) is 44.5 Å². The van der Waals surface area contributed by atoms with Crippen LogP contribution in [0.4, 0.5) is 0 Å². The van der Waals surface area contributed by atoms with Crippen molar-refractivity contribution in [1.82, 2.24) is 5.06 Å². The molecule has 0 aliphatic carbocycles. The molecule has 0 spiro atoms. The fraction of sp³-hybridized carbons (Fsp3) is 0.600. The lowest BCUT2D eigenvalue weighted by Crippen LogP contribution is -2.36. The number of hydroxylamine groups is 2. The normalized spacial score (nSPS) is 31.1. The summed E-state index contributed by atoms with van der Waals surface area (Å²) in [4.78, 5) is 20.8. The first-order valence-electron chi connectivity index (χ1n) is 2.97. The van der Waals surface area contributed by atoms with Gasteiger partial charge in [-0.1, -0.05) is 0 Å². The lowest BCUT2D eigenvalue weighted by Gasteiger charge is -2.11. The minimum atomic E-state index is -1.39. The van der Waals surface area contributed by atoms with Crippen LogP contribution in [0.1, 0.15) is 6.42 Å². The summed E-state index contributed by atoms with van der Waals surface area (Å²) in [6, 6.07) is -1.31. The zero-order valence-electron chi connectivity index (χ0n) is 5.47. The summed E-state index contributed by atoms with van der Waals surface area (Å²) >= 11 is 0. The van der Waals surface area contributed by atoms with Gasteiger partial charge in [0.1, 0.15) is 6.10 Å². The molecule has 6 nitrogen and oxygen atoms in total. The number of nitrogens with zero attached hydrogens (tertiary/aromatic N) is 1. The Hall–Kier alpha value is -1.14. The number of rotatable bonds is 1. The number of aliphatic hydroxyl groups excluding tert-OH is 1. The van der Waals surface area contributed by atoms with E-state index < -0.39 is 24.0 Å². The maximum atomic E-state index is 10.6. The van der Waals surface area contributed by atoms with Crippen molar-refractivity contribution in [3.05, 3.63) is 0 Å². The molecule has 1 amide bonds. The maximum absolute atomic E-state index is 10.6. The summed E-state index contributed by atoms with van der Waals surface area (Å²) in [6.45, 7) is 0. The molecule has 11 heavy (non-hydrogen) atoms. The van der Waals surface area contributed by atoms with E-state index in [1.54, 1.807) is 0 Å². The van der Waals surface area contributed by atoms with Gasteiger partial charge < -0.3 is 10.2 Å². The van der Waals surface area contributed by atoms with E-state index in [4.69, 9.17) is 15.4 Å². The zero-order chi connectivity index (χ0) is 8.59. The summed E-state index contributed by atoms with van der Waals surface area (Å²) in [6.07, 6.45) is -1.65. The van der Waals surface area contributed by atoms with Gasteiger partial charge in [0.15, 0.2) is 6.04 Å². The second-order valence-corrected chi connectivity index (χ2v) is 2.29. The highest BCUT2D eigenvalue weighted by molar-refractivity contribution is 5.89. The van der Waals surface area contributed by atoms with Gasteiger partial charge in [-0.15, -0.1) is 0 Å². The number of hydrogen-bond acceptors (Lipinski definition) is 4. The maximum Gasteiger partial charge on any atom is 0.329 e. The highest BCUT2D eigenvalue weighted by Gasteiger charge is 2.42. The fourth-order valence-corrected chi connectivity index (χ4v) is 0.924. The van der Waals surface area contributed by atoms with Crippen LogP contribution < -0.4 is 0 Å². The molecule has 0 aromatic heterocycles. The van der Waals surface area contributed by atoms with Crippen LogP contribution in [0.2, 0.25) is 0 Å². The Bertz CT molecular complexity index is 203. The Morgan fingerprint density at radius 2 is 2.18 bits per heavy atom. The first-order chi connectivity index (χ1) is 5.04. The van der Waals surface area contributed by atoms with E-state index in [2.05, 4.69) is 0 Å². The number of carbonyl (C=O) groups is 2. The molecule has 1 heterocycles. The largest absolute Gasteiger partial charge is 0.480 e. The Labute approximate surface area is 61.6 Å². The van der Waals surface area contributed by atoms with Gasteiger partial charge in [-0.2, -0.15) is 0 Å². The van der Waals surface area contributed by atoms with Gasteiger partial charge in [0, 0.05) is 6.42 Å². The lowest BCUT2D eigenvalue weighted by atomic mass is 10.2. The van der Waals surface area contributed by atoms with Crippen LogP contribution in [0, 0.1) is 0 Å². The van der Waals surface area contributed by atoms with Crippen molar-refractivity contribution in [2.45, 2.75) is 18.6 Å². The minimum absolute atomic E-state index is 0.0486. The van der Waals surface area contributed by atoms with Gasteiger partial charge in [-0.05, 0) is 0 Å². The van der Waals surface area contributed by atoms with Crippen molar-refractivity contribution in [3.63, 3.8) is 0 Å². The lowest BCUT2D eigenvalue weighted by molar-refractivity contribution is -0.178. The smallest absolute Gasteiger partial charge is 0.329 e. The fourth-order valence-electron chi connectivity index (χ4n) is 0.924. The summed E-state index contributed by atoms with van der Waals surface area (Å²) in [7, 11) is 0. The molecule has 6 heteroatoms. The molecule has 1 rings (SSSR count). The molecule has 1 saturated heterocycles. The third kappa shape index (κ3) is 1.17. The van der Waals surface area contributed by atoms with E-state index in [1.165, 1.54) is 0 Å². The highest BCUT2D eigenvalue weighted by Crippen LogP contribution is 2.16. The summed E-state index contributed by atoms with van der Waals surface area (Å²) < 4.78 is 0. The topological polar surface area (TPSA) is 98.1 Å². The van der Waals surface area contributed by atoms with Crippen molar-refractivity contribution >= 4 is 11.9 Å². The number of aliphatic hydroxyl groups is 1. The minimum Gasteiger partial charge on any atom is -0.480 e. The van der Waals surface area contributed by atoms with Crippen molar-refractivity contribution in [3.8, 4) is 0 Å². The molecule has 0 bridgehead atoms. The summed E-state index contributed by atoms with van der Waals surface area (Å²) in [5.74, 6) is -2.28. The SMILES string of the molecule is O=C(O)C1CC(O)C(=O)N1O. The monoisotopic (exact) mass is 161 g/mol. The molecule has 0 aromatic rings. The number of hydrogen-bond donors (Lipinski definition) is 3. The molecule has 3 N–H and O–H groups in total. The molecule has 62 valence electrons. The Morgan fingerprint density at radius 1 is 1.64 bits per heavy atom. The first-order valence-corrected chi connectivity index (χ1v) is 2.97. The standard InChI is InChI=1S/C5H7NO5/c7-3-1-2(5(9)10)6(11)4(3)8/h2-3,7,11H,1H2,(H,9,10). The number of aliphatic carboxylic acids is 1. The first kappa shape index (κ1) is 7.96. The van der Waals surface area contributed by atoms with E-state index in [0.717, 1.165) is 0 Å². The predicted molar refractivity (Wildman–Crippen MR) is 30.7 cm³/mol. The quantitative estimate of drug-likeness (QED) is 0.403.